The monoisotopic (exact) mass is 464 g/mol. The molecule has 176 valence electrons. The number of ketones is 1. The number of carbonyl (C=O) groups is 2. The van der Waals surface area contributed by atoms with Crippen molar-refractivity contribution in [1.82, 2.24) is 5.16 Å². The third-order valence-electron chi connectivity index (χ3n) is 5.47. The van der Waals surface area contributed by atoms with Crippen molar-refractivity contribution < 1.29 is 33.4 Å². The molecule has 4 rings (SSSR count). The van der Waals surface area contributed by atoms with Gasteiger partial charge in [-0.1, -0.05) is 11.2 Å². The summed E-state index contributed by atoms with van der Waals surface area (Å²) in [6, 6.07) is 12.2. The van der Waals surface area contributed by atoms with Gasteiger partial charge in [0, 0.05) is 11.6 Å². The average molecular weight is 464 g/mol. The molecule has 0 aliphatic carbocycles. The first-order valence-corrected chi connectivity index (χ1v) is 10.6. The lowest BCUT2D eigenvalue weighted by Crippen LogP contribution is -2.29. The molecule has 1 aromatic heterocycles. The highest BCUT2D eigenvalue weighted by atomic mass is 16.5. The first-order chi connectivity index (χ1) is 16.4. The quantitative estimate of drug-likeness (QED) is 0.317. The SMILES string of the molecule is CCOc1ccc([C@H]2C(=C(O)c3ccc(OC)cc3)C(=O)C(=O)N2c2cc(C)on2)cc1OC. The van der Waals surface area contributed by atoms with Crippen molar-refractivity contribution in [1.29, 1.82) is 0 Å². The number of anilines is 1. The second-order valence-electron chi connectivity index (χ2n) is 7.54. The van der Waals surface area contributed by atoms with E-state index in [-0.39, 0.29) is 17.2 Å². The first-order valence-electron chi connectivity index (χ1n) is 10.6. The van der Waals surface area contributed by atoms with Crippen LogP contribution in [0.4, 0.5) is 5.82 Å². The second kappa shape index (κ2) is 9.30. The molecule has 1 saturated heterocycles. The van der Waals surface area contributed by atoms with Crippen LogP contribution in [0.2, 0.25) is 0 Å². The van der Waals surface area contributed by atoms with Gasteiger partial charge in [-0.2, -0.15) is 0 Å². The number of nitrogens with zero attached hydrogens (tertiary/aromatic N) is 2. The Morgan fingerprint density at radius 2 is 1.79 bits per heavy atom. The average Bonchev–Trinajstić information content (AvgIpc) is 3.39. The van der Waals surface area contributed by atoms with Crippen LogP contribution in [0.25, 0.3) is 5.76 Å². The maximum absolute atomic E-state index is 13.2. The summed E-state index contributed by atoms with van der Waals surface area (Å²) >= 11 is 0. The van der Waals surface area contributed by atoms with Crippen molar-refractivity contribution in [2.75, 3.05) is 25.7 Å². The van der Waals surface area contributed by atoms with E-state index in [1.54, 1.807) is 55.5 Å². The van der Waals surface area contributed by atoms with Crippen LogP contribution >= 0.6 is 0 Å². The number of rotatable bonds is 7. The molecule has 2 heterocycles. The Balaban J connectivity index is 1.92. The van der Waals surface area contributed by atoms with Crippen LogP contribution in [0.15, 0.2) is 58.6 Å². The summed E-state index contributed by atoms with van der Waals surface area (Å²) in [5.74, 6) is 0.155. The number of aliphatic hydroxyl groups excluding tert-OH is 1. The molecule has 0 spiro atoms. The molecule has 0 saturated carbocycles. The van der Waals surface area contributed by atoms with Gasteiger partial charge in [-0.15, -0.1) is 0 Å². The van der Waals surface area contributed by atoms with Gasteiger partial charge in [0.2, 0.25) is 0 Å². The summed E-state index contributed by atoms with van der Waals surface area (Å²) in [6.07, 6.45) is 0. The van der Waals surface area contributed by atoms with E-state index in [4.69, 9.17) is 18.7 Å². The zero-order valence-corrected chi connectivity index (χ0v) is 19.2. The molecule has 1 aliphatic rings. The van der Waals surface area contributed by atoms with E-state index in [2.05, 4.69) is 5.16 Å². The molecule has 1 N–H and O–H groups in total. The Labute approximate surface area is 196 Å². The number of amides is 1. The fourth-order valence-corrected chi connectivity index (χ4v) is 3.88. The molecule has 9 nitrogen and oxygen atoms in total. The number of Topliss-reactive ketones (excluding diaryl/α,β-unsaturated/α-hetero) is 1. The molecule has 0 radical (unpaired) electrons. The largest absolute Gasteiger partial charge is 0.507 e. The van der Waals surface area contributed by atoms with Gasteiger partial charge in [0.25, 0.3) is 5.78 Å². The zero-order valence-electron chi connectivity index (χ0n) is 19.2. The topological polar surface area (TPSA) is 111 Å². The highest BCUT2D eigenvalue weighted by Crippen LogP contribution is 2.44. The summed E-state index contributed by atoms with van der Waals surface area (Å²) in [6.45, 7) is 3.97. The van der Waals surface area contributed by atoms with Gasteiger partial charge < -0.3 is 23.8 Å². The lowest BCUT2D eigenvalue weighted by Gasteiger charge is -2.23. The molecule has 3 aromatic rings. The van der Waals surface area contributed by atoms with Crippen molar-refractivity contribution in [2.45, 2.75) is 19.9 Å². The van der Waals surface area contributed by atoms with E-state index < -0.39 is 17.7 Å². The van der Waals surface area contributed by atoms with Gasteiger partial charge in [-0.25, -0.2) is 0 Å². The minimum absolute atomic E-state index is 0.0815. The van der Waals surface area contributed by atoms with Gasteiger partial charge in [0.15, 0.2) is 17.3 Å². The molecule has 1 atom stereocenters. The Hall–Kier alpha value is -4.27. The van der Waals surface area contributed by atoms with Crippen LogP contribution in [0.3, 0.4) is 0 Å². The fourth-order valence-electron chi connectivity index (χ4n) is 3.88. The van der Waals surface area contributed by atoms with Crippen LogP contribution in [0.1, 0.15) is 29.9 Å². The minimum atomic E-state index is -0.976. The molecule has 34 heavy (non-hydrogen) atoms. The van der Waals surface area contributed by atoms with Crippen molar-refractivity contribution in [3.05, 3.63) is 71.0 Å². The van der Waals surface area contributed by atoms with Crippen LogP contribution < -0.4 is 19.1 Å². The Bertz CT molecular complexity index is 1260. The van der Waals surface area contributed by atoms with Crippen molar-refractivity contribution in [3.8, 4) is 17.2 Å². The number of hydrogen-bond acceptors (Lipinski definition) is 8. The number of methoxy groups -OCH3 is 2. The number of benzene rings is 2. The van der Waals surface area contributed by atoms with Gasteiger partial charge in [0.1, 0.15) is 17.3 Å². The summed E-state index contributed by atoms with van der Waals surface area (Å²) in [4.78, 5) is 27.5. The highest BCUT2D eigenvalue weighted by molar-refractivity contribution is 6.51. The number of aryl methyl sites for hydroxylation is 1. The standard InChI is InChI=1S/C25H24N2O7/c1-5-33-18-11-8-16(13-19(18)32-4)22-21(23(28)15-6-9-17(31-3)10-7-15)24(29)25(30)27(22)20-12-14(2)34-26-20/h6-13,22,28H,5H2,1-4H3/t22-/m0/s1. The lowest BCUT2D eigenvalue weighted by atomic mass is 9.95. The van der Waals surface area contributed by atoms with Gasteiger partial charge >= 0.3 is 5.91 Å². The third-order valence-corrected chi connectivity index (χ3v) is 5.47. The normalized spacial score (nSPS) is 17.2. The zero-order chi connectivity index (χ0) is 24.4. The van der Waals surface area contributed by atoms with E-state index in [0.29, 0.717) is 40.7 Å². The van der Waals surface area contributed by atoms with Crippen LogP contribution in [-0.4, -0.2) is 42.8 Å². The summed E-state index contributed by atoms with van der Waals surface area (Å²) < 4.78 is 21.4. The van der Waals surface area contributed by atoms with E-state index in [9.17, 15) is 14.7 Å². The first kappa shape index (κ1) is 22.9. The summed E-state index contributed by atoms with van der Waals surface area (Å²) in [5, 5.41) is 15.1. The van der Waals surface area contributed by atoms with Gasteiger partial charge in [-0.3, -0.25) is 14.5 Å². The predicted molar refractivity (Wildman–Crippen MR) is 123 cm³/mol. The Kier molecular flexibility index (Phi) is 6.27. The molecule has 9 heteroatoms. The maximum Gasteiger partial charge on any atom is 0.301 e. The highest BCUT2D eigenvalue weighted by Gasteiger charge is 2.48. The maximum atomic E-state index is 13.2. The molecule has 2 aromatic carbocycles. The van der Waals surface area contributed by atoms with E-state index in [1.807, 2.05) is 6.92 Å². The third kappa shape index (κ3) is 3.96. The number of carbonyl (C=O) groups excluding carboxylic acids is 2. The van der Waals surface area contributed by atoms with Crippen LogP contribution in [0.5, 0.6) is 17.2 Å². The smallest absolute Gasteiger partial charge is 0.301 e. The van der Waals surface area contributed by atoms with E-state index in [1.165, 1.54) is 19.1 Å². The molecular weight excluding hydrogens is 440 g/mol. The van der Waals surface area contributed by atoms with Crippen molar-refractivity contribution in [3.63, 3.8) is 0 Å². The van der Waals surface area contributed by atoms with Crippen LogP contribution in [-0.2, 0) is 9.59 Å². The minimum Gasteiger partial charge on any atom is -0.507 e. The molecule has 0 bridgehead atoms. The molecule has 0 unspecified atom stereocenters. The van der Waals surface area contributed by atoms with E-state index >= 15 is 0 Å². The lowest BCUT2D eigenvalue weighted by molar-refractivity contribution is -0.132. The van der Waals surface area contributed by atoms with Gasteiger partial charge in [0.05, 0.1) is 32.4 Å². The fraction of sp³-hybridized carbons (Fsp3) is 0.240. The number of aromatic nitrogens is 1. The molecule has 1 aliphatic heterocycles. The number of aliphatic hydroxyl groups is 1. The van der Waals surface area contributed by atoms with Crippen molar-refractivity contribution >= 4 is 23.3 Å². The van der Waals surface area contributed by atoms with E-state index in [0.717, 1.165) is 0 Å². The molecule has 1 amide bonds. The van der Waals surface area contributed by atoms with Crippen molar-refractivity contribution in [2.24, 2.45) is 0 Å². The van der Waals surface area contributed by atoms with Gasteiger partial charge in [-0.05, 0) is 55.8 Å². The Morgan fingerprint density at radius 3 is 2.38 bits per heavy atom. The summed E-state index contributed by atoms with van der Waals surface area (Å²) in [5.41, 5.74) is 0.801. The molecular formula is C25H24N2O7. The molecule has 1 fully saturated rings. The number of ether oxygens (including phenoxy) is 3. The van der Waals surface area contributed by atoms with Crippen LogP contribution in [0, 0.1) is 6.92 Å². The predicted octanol–water partition coefficient (Wildman–Crippen LogP) is 4.03. The summed E-state index contributed by atoms with van der Waals surface area (Å²) in [7, 11) is 3.02. The number of hydrogen-bond donors (Lipinski definition) is 1. The Morgan fingerprint density at radius 1 is 1.06 bits per heavy atom. The second-order valence-corrected chi connectivity index (χ2v) is 7.54.